The molecule has 2 unspecified atom stereocenters. The van der Waals surface area contributed by atoms with E-state index >= 15 is 0 Å². The van der Waals surface area contributed by atoms with Crippen molar-refractivity contribution >= 4 is 12.0 Å². The normalized spacial score (nSPS) is 14.6. The number of carbonyl (C=O) groups excluding carboxylic acids is 2. The van der Waals surface area contributed by atoms with Gasteiger partial charge in [0.05, 0.1) is 6.04 Å². The number of likely N-dealkylation sites (N-methyl/N-ethyl adjacent to an activating group) is 1. The number of rotatable bonds is 5. The van der Waals surface area contributed by atoms with Crippen LogP contribution in [0, 0.1) is 0 Å². The zero-order chi connectivity index (χ0) is 14.3. The van der Waals surface area contributed by atoms with E-state index < -0.39 is 29.7 Å². The molecule has 106 valence electrons. The lowest BCUT2D eigenvalue weighted by Gasteiger charge is -2.25. The number of aliphatic hydroxyl groups is 1. The first-order valence-electron chi connectivity index (χ1n) is 6.16. The van der Waals surface area contributed by atoms with Crippen LogP contribution in [0.4, 0.5) is 4.79 Å². The summed E-state index contributed by atoms with van der Waals surface area (Å²) in [5.74, 6) is -0.500. The molecule has 0 aromatic rings. The van der Waals surface area contributed by atoms with Gasteiger partial charge in [-0.15, -0.1) is 0 Å². The summed E-state index contributed by atoms with van der Waals surface area (Å²) in [6.07, 6.45) is -1.49. The van der Waals surface area contributed by atoms with Gasteiger partial charge in [-0.3, -0.25) is 4.79 Å². The molecule has 0 spiro atoms. The van der Waals surface area contributed by atoms with E-state index in [2.05, 4.69) is 10.6 Å². The summed E-state index contributed by atoms with van der Waals surface area (Å²) in [5.41, 5.74) is -0.612. The van der Waals surface area contributed by atoms with Crippen molar-refractivity contribution in [1.29, 1.82) is 0 Å². The van der Waals surface area contributed by atoms with Gasteiger partial charge in [0.25, 0.3) is 5.91 Å². The third kappa shape index (κ3) is 6.44. The van der Waals surface area contributed by atoms with Gasteiger partial charge >= 0.3 is 6.09 Å². The Morgan fingerprint density at radius 3 is 2.22 bits per heavy atom. The van der Waals surface area contributed by atoms with E-state index in [1.54, 1.807) is 34.6 Å². The second-order valence-corrected chi connectivity index (χ2v) is 5.00. The van der Waals surface area contributed by atoms with E-state index in [1.807, 2.05) is 0 Å². The van der Waals surface area contributed by atoms with Gasteiger partial charge in [-0.25, -0.2) is 4.79 Å². The highest BCUT2D eigenvalue weighted by Gasteiger charge is 2.27. The van der Waals surface area contributed by atoms with Crippen LogP contribution in [0.15, 0.2) is 0 Å². The summed E-state index contributed by atoms with van der Waals surface area (Å²) >= 11 is 0. The molecule has 0 saturated carbocycles. The van der Waals surface area contributed by atoms with Crippen LogP contribution in [0.2, 0.25) is 0 Å². The number of nitrogens with one attached hydrogen (secondary N) is 2. The van der Waals surface area contributed by atoms with E-state index in [0.717, 1.165) is 0 Å². The first kappa shape index (κ1) is 16.7. The van der Waals surface area contributed by atoms with Crippen LogP contribution in [0.5, 0.6) is 0 Å². The lowest BCUT2D eigenvalue weighted by Crippen LogP contribution is -2.51. The molecule has 3 N–H and O–H groups in total. The summed E-state index contributed by atoms with van der Waals surface area (Å²) in [4.78, 5) is 23.0. The summed E-state index contributed by atoms with van der Waals surface area (Å²) in [5, 5.41) is 14.8. The molecule has 2 amide bonds. The molecule has 0 aromatic heterocycles. The topological polar surface area (TPSA) is 87.7 Å². The Morgan fingerprint density at radius 1 is 1.28 bits per heavy atom. The van der Waals surface area contributed by atoms with Gasteiger partial charge in [0.2, 0.25) is 0 Å². The van der Waals surface area contributed by atoms with E-state index in [-0.39, 0.29) is 0 Å². The van der Waals surface area contributed by atoms with Crippen LogP contribution in [0.3, 0.4) is 0 Å². The van der Waals surface area contributed by atoms with Crippen molar-refractivity contribution in [1.82, 2.24) is 10.6 Å². The first-order valence-corrected chi connectivity index (χ1v) is 6.16. The fraction of sp³-hybridized carbons (Fsp3) is 0.833. The minimum Gasteiger partial charge on any atom is -0.444 e. The second-order valence-electron chi connectivity index (χ2n) is 5.00. The molecule has 0 heterocycles. The molecular formula is C12H24N2O4. The van der Waals surface area contributed by atoms with Crippen LogP contribution in [0.1, 0.15) is 41.0 Å². The van der Waals surface area contributed by atoms with Crippen molar-refractivity contribution in [2.45, 2.75) is 58.8 Å². The minimum absolute atomic E-state index is 0.428. The fourth-order valence-electron chi connectivity index (χ4n) is 1.32. The highest BCUT2D eigenvalue weighted by Crippen LogP contribution is 2.08. The summed E-state index contributed by atoms with van der Waals surface area (Å²) in [7, 11) is 0. The fourth-order valence-corrected chi connectivity index (χ4v) is 1.32. The number of carbonyl (C=O) groups is 2. The van der Waals surface area contributed by atoms with Crippen molar-refractivity contribution in [3.63, 3.8) is 0 Å². The zero-order valence-corrected chi connectivity index (χ0v) is 11.7. The van der Waals surface area contributed by atoms with Gasteiger partial charge in [0, 0.05) is 6.54 Å². The number of alkyl carbamates (subject to hydrolysis) is 1. The van der Waals surface area contributed by atoms with Gasteiger partial charge in [-0.05, 0) is 34.1 Å². The molecule has 0 aliphatic carbocycles. The van der Waals surface area contributed by atoms with Crippen LogP contribution < -0.4 is 10.6 Å². The Bertz CT molecular complexity index is 286. The number of aliphatic hydroxyl groups excluding tert-OH is 1. The molecule has 0 rings (SSSR count). The van der Waals surface area contributed by atoms with Crippen LogP contribution in [-0.2, 0) is 9.53 Å². The van der Waals surface area contributed by atoms with E-state index in [0.29, 0.717) is 13.0 Å². The molecule has 0 aliphatic heterocycles. The van der Waals surface area contributed by atoms with Gasteiger partial charge in [0.1, 0.15) is 5.60 Å². The Morgan fingerprint density at radius 2 is 1.83 bits per heavy atom. The van der Waals surface area contributed by atoms with E-state index in [4.69, 9.17) is 4.74 Å². The number of amides is 2. The van der Waals surface area contributed by atoms with E-state index in [9.17, 15) is 14.7 Å². The molecule has 0 bridgehead atoms. The van der Waals surface area contributed by atoms with Crippen molar-refractivity contribution in [3.8, 4) is 0 Å². The smallest absolute Gasteiger partial charge is 0.407 e. The molecule has 0 aromatic carbocycles. The van der Waals surface area contributed by atoms with Crippen LogP contribution >= 0.6 is 0 Å². The standard InChI is InChI=1S/C12H24N2O4/c1-6-8(9(15)10(16)13-7-2)14-11(17)18-12(3,4)5/h8-9,15H,6-7H2,1-5H3,(H,13,16)(H,14,17). The number of hydrogen-bond donors (Lipinski definition) is 3. The van der Waals surface area contributed by atoms with E-state index in [1.165, 1.54) is 0 Å². The molecule has 6 heteroatoms. The highest BCUT2D eigenvalue weighted by atomic mass is 16.6. The van der Waals surface area contributed by atoms with Crippen molar-refractivity contribution in [2.24, 2.45) is 0 Å². The Balaban J connectivity index is 4.42. The Labute approximate surface area is 108 Å². The maximum Gasteiger partial charge on any atom is 0.407 e. The average Bonchev–Trinajstić information content (AvgIpc) is 2.22. The van der Waals surface area contributed by atoms with Gasteiger partial charge < -0.3 is 20.5 Å². The lowest BCUT2D eigenvalue weighted by molar-refractivity contribution is -0.130. The number of hydrogen-bond acceptors (Lipinski definition) is 4. The molecule has 0 radical (unpaired) electrons. The maximum atomic E-state index is 11.5. The van der Waals surface area contributed by atoms with Crippen molar-refractivity contribution in [2.75, 3.05) is 6.54 Å². The molecule has 0 aliphatic rings. The number of ether oxygens (including phenoxy) is 1. The van der Waals surface area contributed by atoms with Gasteiger partial charge in [0.15, 0.2) is 6.10 Å². The molecule has 0 saturated heterocycles. The van der Waals surface area contributed by atoms with Crippen LogP contribution in [-0.4, -0.2) is 41.4 Å². The maximum absolute atomic E-state index is 11.5. The zero-order valence-electron chi connectivity index (χ0n) is 11.7. The Hall–Kier alpha value is -1.30. The van der Waals surface area contributed by atoms with Crippen molar-refractivity contribution < 1.29 is 19.4 Å². The summed E-state index contributed by atoms with van der Waals surface area (Å²) < 4.78 is 5.07. The Kier molecular flexibility index (Phi) is 6.68. The van der Waals surface area contributed by atoms with Crippen LogP contribution in [0.25, 0.3) is 0 Å². The van der Waals surface area contributed by atoms with Gasteiger partial charge in [-0.1, -0.05) is 6.92 Å². The second kappa shape index (κ2) is 7.20. The van der Waals surface area contributed by atoms with Crippen molar-refractivity contribution in [3.05, 3.63) is 0 Å². The first-order chi connectivity index (χ1) is 8.21. The SMILES string of the molecule is CCNC(=O)C(O)C(CC)NC(=O)OC(C)(C)C. The summed E-state index contributed by atoms with van der Waals surface area (Å²) in [6, 6.07) is -0.661. The third-order valence-electron chi connectivity index (χ3n) is 2.14. The monoisotopic (exact) mass is 260 g/mol. The summed E-state index contributed by atoms with van der Waals surface area (Å²) in [6.45, 7) is 9.19. The molecule has 0 fully saturated rings. The molecular weight excluding hydrogens is 236 g/mol. The third-order valence-corrected chi connectivity index (χ3v) is 2.14. The minimum atomic E-state index is -1.28. The molecule has 6 nitrogen and oxygen atoms in total. The largest absolute Gasteiger partial charge is 0.444 e. The molecule has 2 atom stereocenters. The average molecular weight is 260 g/mol. The quantitative estimate of drug-likeness (QED) is 0.682. The molecule has 18 heavy (non-hydrogen) atoms. The predicted molar refractivity (Wildman–Crippen MR) is 68.1 cm³/mol. The van der Waals surface area contributed by atoms with Gasteiger partial charge in [-0.2, -0.15) is 0 Å². The highest BCUT2D eigenvalue weighted by molar-refractivity contribution is 5.82. The predicted octanol–water partition coefficient (Wildman–Crippen LogP) is 0.787. The lowest BCUT2D eigenvalue weighted by atomic mass is 10.1.